The molecule has 294 valence electrons. The van der Waals surface area contributed by atoms with Crippen LogP contribution in [0.5, 0.6) is 0 Å². The van der Waals surface area contributed by atoms with E-state index in [2.05, 4.69) is 43.0 Å². The average molecular weight is 715 g/mol. The van der Waals surface area contributed by atoms with Crippen LogP contribution in [-0.2, 0) is 28.7 Å². The number of rotatable bonds is 32. The van der Waals surface area contributed by atoms with Crippen molar-refractivity contribution in [2.45, 2.75) is 192 Å². The Morgan fingerprint density at radius 1 is 0.580 bits per heavy atom. The molecule has 0 aromatic carbocycles. The normalized spacial score (nSPS) is 19.1. The van der Waals surface area contributed by atoms with Crippen molar-refractivity contribution in [3.05, 3.63) is 24.3 Å². The monoisotopic (exact) mass is 715 g/mol. The fraction of sp³-hybridized carbons (Fsp3) is 0.850. The predicted molar refractivity (Wildman–Crippen MR) is 199 cm³/mol. The third-order valence-electron chi connectivity index (χ3n) is 8.68. The Bertz CT molecular complexity index is 816. The smallest absolute Gasteiger partial charge is 0.305 e. The molecule has 4 unspecified atom stereocenters. The van der Waals surface area contributed by atoms with Crippen molar-refractivity contribution in [1.29, 1.82) is 0 Å². The Hall–Kier alpha value is -1.82. The zero-order chi connectivity index (χ0) is 36.9. The van der Waals surface area contributed by atoms with E-state index in [1.165, 1.54) is 77.0 Å². The molecule has 50 heavy (non-hydrogen) atoms. The number of aliphatic hydroxyl groups excluding tert-OH is 2. The zero-order valence-electron chi connectivity index (χ0n) is 31.7. The SMILES string of the molecule is CCCCCC1OC1C/C=C\CCCCCCCC(=O)O.CCCCCC1OC1C/C=C\CCCCCCCC(=O)OCCOO.OCCO. The van der Waals surface area contributed by atoms with Gasteiger partial charge in [0, 0.05) is 12.8 Å². The lowest BCUT2D eigenvalue weighted by atomic mass is 10.1. The van der Waals surface area contributed by atoms with Gasteiger partial charge in [0.15, 0.2) is 0 Å². The molecule has 2 fully saturated rings. The Kier molecular flexibility index (Phi) is 35.6. The van der Waals surface area contributed by atoms with Gasteiger partial charge in [-0.3, -0.25) is 14.8 Å². The highest BCUT2D eigenvalue weighted by atomic mass is 17.1. The number of carboxylic acids is 1. The average Bonchev–Trinajstić information content (AvgIpc) is 4.04. The number of epoxide rings is 2. The Morgan fingerprint density at radius 3 is 1.48 bits per heavy atom. The molecule has 0 amide bonds. The van der Waals surface area contributed by atoms with E-state index in [0.29, 0.717) is 37.3 Å². The van der Waals surface area contributed by atoms with Crippen LogP contribution in [-0.4, -0.2) is 83.4 Å². The van der Waals surface area contributed by atoms with Crippen molar-refractivity contribution in [2.24, 2.45) is 0 Å². The van der Waals surface area contributed by atoms with Crippen molar-refractivity contribution >= 4 is 11.9 Å². The third kappa shape index (κ3) is 34.6. The molecule has 2 aliphatic rings. The van der Waals surface area contributed by atoms with E-state index >= 15 is 0 Å². The first-order chi connectivity index (χ1) is 24.4. The Labute approximate surface area is 303 Å². The van der Waals surface area contributed by atoms with E-state index in [9.17, 15) is 9.59 Å². The number of aliphatic carboxylic acids is 1. The number of carbonyl (C=O) groups is 2. The predicted octanol–water partition coefficient (Wildman–Crippen LogP) is 9.11. The summed E-state index contributed by atoms with van der Waals surface area (Å²) in [4.78, 5) is 25.5. The highest BCUT2D eigenvalue weighted by Crippen LogP contribution is 2.31. The summed E-state index contributed by atoms with van der Waals surface area (Å²) in [6.07, 6.45) is 37.6. The van der Waals surface area contributed by atoms with Crippen LogP contribution in [0.4, 0.5) is 0 Å². The van der Waals surface area contributed by atoms with Crippen LogP contribution in [0.1, 0.15) is 168 Å². The largest absolute Gasteiger partial charge is 0.481 e. The van der Waals surface area contributed by atoms with Gasteiger partial charge in [-0.2, -0.15) is 0 Å². The Morgan fingerprint density at radius 2 is 1.04 bits per heavy atom. The summed E-state index contributed by atoms with van der Waals surface area (Å²) in [6.45, 7) is 4.37. The van der Waals surface area contributed by atoms with Gasteiger partial charge in [0.2, 0.25) is 0 Å². The first kappa shape index (κ1) is 48.2. The number of aliphatic hydroxyl groups is 2. The van der Waals surface area contributed by atoms with E-state index < -0.39 is 5.97 Å². The van der Waals surface area contributed by atoms with E-state index in [1.807, 2.05) is 0 Å². The van der Waals surface area contributed by atoms with Crippen LogP contribution >= 0.6 is 0 Å². The summed E-state index contributed by atoms with van der Waals surface area (Å²) in [5.74, 6) is -0.886. The number of unbranched alkanes of at least 4 members (excludes halogenated alkanes) is 14. The first-order valence-electron chi connectivity index (χ1n) is 19.9. The van der Waals surface area contributed by atoms with Crippen LogP contribution in [0.25, 0.3) is 0 Å². The lowest BCUT2D eigenvalue weighted by molar-refractivity contribution is -0.248. The van der Waals surface area contributed by atoms with Crippen molar-refractivity contribution in [1.82, 2.24) is 0 Å². The second-order valence-corrected chi connectivity index (χ2v) is 13.3. The lowest BCUT2D eigenvalue weighted by Crippen LogP contribution is -2.09. The van der Waals surface area contributed by atoms with Crippen LogP contribution < -0.4 is 0 Å². The number of hydrogen-bond acceptors (Lipinski definition) is 9. The van der Waals surface area contributed by atoms with E-state index in [1.54, 1.807) is 0 Å². The Balaban J connectivity index is 0.000000877. The van der Waals surface area contributed by atoms with Gasteiger partial charge in [-0.15, -0.1) is 0 Å². The molecular weight excluding hydrogens is 640 g/mol. The molecule has 0 bridgehead atoms. The van der Waals surface area contributed by atoms with Crippen molar-refractivity contribution in [2.75, 3.05) is 26.4 Å². The second-order valence-electron chi connectivity index (χ2n) is 13.3. The number of hydrogen-bond donors (Lipinski definition) is 4. The van der Waals surface area contributed by atoms with Crippen LogP contribution in [0.15, 0.2) is 24.3 Å². The number of carbonyl (C=O) groups excluding carboxylic acids is 1. The molecule has 2 aliphatic heterocycles. The molecule has 0 aromatic rings. The first-order valence-corrected chi connectivity index (χ1v) is 19.9. The maximum Gasteiger partial charge on any atom is 0.305 e. The molecule has 10 heteroatoms. The molecule has 0 aromatic heterocycles. The number of ether oxygens (including phenoxy) is 3. The van der Waals surface area contributed by atoms with Gasteiger partial charge in [0.1, 0.15) is 13.2 Å². The van der Waals surface area contributed by atoms with Gasteiger partial charge >= 0.3 is 11.9 Å². The lowest BCUT2D eigenvalue weighted by Gasteiger charge is -2.03. The minimum absolute atomic E-state index is 0.0334. The van der Waals surface area contributed by atoms with Crippen LogP contribution in [0, 0.1) is 0 Å². The number of carboxylic acid groups (broad SMARTS) is 1. The topological polar surface area (TPSA) is 159 Å². The zero-order valence-corrected chi connectivity index (χ0v) is 31.7. The minimum atomic E-state index is -0.673. The molecule has 10 nitrogen and oxygen atoms in total. The quantitative estimate of drug-likeness (QED) is 0.0132. The van der Waals surface area contributed by atoms with Gasteiger partial charge in [0.05, 0.1) is 37.6 Å². The molecule has 4 N–H and O–H groups in total. The number of esters is 1. The standard InChI is InChI=1S/C20H36O5.C18H32O3.C2H6O2/c1-2-3-10-13-18-19(25-18)14-11-8-6-4-5-7-9-12-15-20(21)23-16-17-24-22;1-2-3-10-13-16-17(21-16)14-11-8-6-4-5-7-9-12-15-18(19)20;3-1-2-4/h8,11,18-19,22H,2-7,9-10,12-17H2,1H3;8,11,16-17H,2-7,9-10,12-15H2,1H3,(H,19,20);3-4H,1-2H2/b2*11-8-;. The third-order valence-corrected chi connectivity index (χ3v) is 8.68. The van der Waals surface area contributed by atoms with Gasteiger partial charge in [-0.25, -0.2) is 4.89 Å². The van der Waals surface area contributed by atoms with Gasteiger partial charge in [-0.05, 0) is 64.2 Å². The summed E-state index contributed by atoms with van der Waals surface area (Å²) in [7, 11) is 0. The minimum Gasteiger partial charge on any atom is -0.481 e. The van der Waals surface area contributed by atoms with Gasteiger partial charge in [0.25, 0.3) is 0 Å². The molecular formula is C40H74O10. The maximum absolute atomic E-state index is 11.3. The van der Waals surface area contributed by atoms with Crippen LogP contribution in [0.3, 0.4) is 0 Å². The maximum atomic E-state index is 11.3. The molecule has 2 heterocycles. The van der Waals surface area contributed by atoms with Crippen molar-refractivity contribution in [3.63, 3.8) is 0 Å². The van der Waals surface area contributed by atoms with E-state index in [-0.39, 0.29) is 32.4 Å². The summed E-state index contributed by atoms with van der Waals surface area (Å²) in [6, 6.07) is 0. The van der Waals surface area contributed by atoms with E-state index in [0.717, 1.165) is 64.2 Å². The number of allylic oxidation sites excluding steroid dienone is 2. The highest BCUT2D eigenvalue weighted by Gasteiger charge is 2.37. The van der Waals surface area contributed by atoms with Gasteiger partial charge in [-0.1, -0.05) is 115 Å². The summed E-state index contributed by atoms with van der Waals surface area (Å²) >= 11 is 0. The summed E-state index contributed by atoms with van der Waals surface area (Å²) < 4.78 is 16.2. The van der Waals surface area contributed by atoms with Crippen molar-refractivity contribution in [3.8, 4) is 0 Å². The fourth-order valence-corrected chi connectivity index (χ4v) is 5.56. The summed E-state index contributed by atoms with van der Waals surface area (Å²) in [5.41, 5.74) is 0. The molecule has 2 saturated heterocycles. The summed E-state index contributed by atoms with van der Waals surface area (Å²) in [5, 5.41) is 31.9. The van der Waals surface area contributed by atoms with Crippen molar-refractivity contribution < 1.29 is 49.3 Å². The molecule has 0 aliphatic carbocycles. The molecule has 0 saturated carbocycles. The molecule has 2 rings (SSSR count). The second kappa shape index (κ2) is 37.0. The van der Waals surface area contributed by atoms with Crippen LogP contribution in [0.2, 0.25) is 0 Å². The fourth-order valence-electron chi connectivity index (χ4n) is 5.56. The van der Waals surface area contributed by atoms with E-state index in [4.69, 9.17) is 34.8 Å². The highest BCUT2D eigenvalue weighted by molar-refractivity contribution is 5.69. The van der Waals surface area contributed by atoms with Gasteiger partial charge < -0.3 is 29.5 Å². The molecule has 0 spiro atoms. The molecule has 0 radical (unpaired) electrons. The molecule has 4 atom stereocenters.